The Hall–Kier alpha value is -1.98. The zero-order chi connectivity index (χ0) is 27.5. The zero-order valence-corrected chi connectivity index (χ0v) is 24.1. The molecule has 0 atom stereocenters. The number of hydrogen-bond acceptors (Lipinski definition) is 3. The first-order valence-corrected chi connectivity index (χ1v) is 15.5. The SMILES string of the molecule is CCCCCCOc1ccc(C2OCC(c3ccc(C4CCC(CCCCCC)CC4)cc3)CO2)c(F)c1F. The first-order chi connectivity index (χ1) is 19.1. The summed E-state index contributed by atoms with van der Waals surface area (Å²) in [6, 6.07) is 11.9. The van der Waals surface area contributed by atoms with Gasteiger partial charge in [-0.1, -0.05) is 89.5 Å². The summed E-state index contributed by atoms with van der Waals surface area (Å²) in [6.07, 6.45) is 15.3. The Morgan fingerprint density at radius 2 is 1.31 bits per heavy atom. The van der Waals surface area contributed by atoms with Crippen molar-refractivity contribution in [2.45, 2.75) is 115 Å². The van der Waals surface area contributed by atoms with Gasteiger partial charge >= 0.3 is 0 Å². The van der Waals surface area contributed by atoms with Gasteiger partial charge in [-0.25, -0.2) is 4.39 Å². The molecule has 39 heavy (non-hydrogen) atoms. The number of hydrogen-bond donors (Lipinski definition) is 0. The molecule has 0 unspecified atom stereocenters. The van der Waals surface area contributed by atoms with E-state index >= 15 is 0 Å². The molecule has 0 N–H and O–H groups in total. The molecule has 1 saturated carbocycles. The monoisotopic (exact) mass is 542 g/mol. The highest BCUT2D eigenvalue weighted by Crippen LogP contribution is 2.39. The molecule has 1 saturated heterocycles. The van der Waals surface area contributed by atoms with Gasteiger partial charge in [0.1, 0.15) is 0 Å². The van der Waals surface area contributed by atoms with Crippen LogP contribution >= 0.6 is 0 Å². The fourth-order valence-corrected chi connectivity index (χ4v) is 6.11. The van der Waals surface area contributed by atoms with Crippen LogP contribution in [0.3, 0.4) is 0 Å². The molecule has 0 radical (unpaired) electrons. The molecule has 0 amide bonds. The van der Waals surface area contributed by atoms with Crippen LogP contribution in [0.4, 0.5) is 8.78 Å². The average Bonchev–Trinajstić information content (AvgIpc) is 2.98. The van der Waals surface area contributed by atoms with Gasteiger partial charge in [0.25, 0.3) is 0 Å². The summed E-state index contributed by atoms with van der Waals surface area (Å²) in [5.41, 5.74) is 2.69. The van der Waals surface area contributed by atoms with Crippen LogP contribution in [-0.2, 0) is 9.47 Å². The molecule has 2 fully saturated rings. The molecule has 2 aromatic rings. The first kappa shape index (κ1) is 30.0. The maximum Gasteiger partial charge on any atom is 0.201 e. The maximum atomic E-state index is 14.8. The van der Waals surface area contributed by atoms with Crippen molar-refractivity contribution in [3.05, 3.63) is 64.7 Å². The number of benzene rings is 2. The molecular weight excluding hydrogens is 494 g/mol. The second-order valence-electron chi connectivity index (χ2n) is 11.6. The van der Waals surface area contributed by atoms with Crippen LogP contribution in [0.25, 0.3) is 0 Å². The van der Waals surface area contributed by atoms with Crippen LogP contribution in [-0.4, -0.2) is 19.8 Å². The van der Waals surface area contributed by atoms with Crippen molar-refractivity contribution in [1.82, 2.24) is 0 Å². The molecule has 3 nitrogen and oxygen atoms in total. The van der Waals surface area contributed by atoms with Gasteiger partial charge in [-0.3, -0.25) is 0 Å². The molecule has 0 spiro atoms. The van der Waals surface area contributed by atoms with E-state index in [4.69, 9.17) is 14.2 Å². The van der Waals surface area contributed by atoms with Crippen molar-refractivity contribution >= 4 is 0 Å². The molecule has 216 valence electrons. The number of rotatable bonds is 14. The standard InChI is InChI=1S/C34H48F2O3/c1-3-5-7-9-11-25-12-14-26(15-13-25)27-16-18-28(19-17-27)29-23-38-34(39-24-29)30-20-21-31(33(36)32(30)35)37-22-10-8-6-4-2/h16-21,25-26,29,34H,3-15,22-24H2,1-2H3. The number of halogens is 2. The Kier molecular flexibility index (Phi) is 12.1. The largest absolute Gasteiger partial charge is 0.490 e. The van der Waals surface area contributed by atoms with E-state index in [-0.39, 0.29) is 17.2 Å². The number of unbranched alkanes of at least 4 members (excludes halogenated alkanes) is 6. The quantitative estimate of drug-likeness (QED) is 0.222. The molecule has 0 aromatic heterocycles. The third-order valence-corrected chi connectivity index (χ3v) is 8.68. The van der Waals surface area contributed by atoms with Crippen molar-refractivity contribution in [1.29, 1.82) is 0 Å². The normalized spacial score (nSPS) is 23.6. The lowest BCUT2D eigenvalue weighted by molar-refractivity contribution is -0.193. The molecule has 1 aliphatic heterocycles. The van der Waals surface area contributed by atoms with E-state index in [1.54, 1.807) is 0 Å². The van der Waals surface area contributed by atoms with E-state index in [1.165, 1.54) is 81.0 Å². The smallest absolute Gasteiger partial charge is 0.201 e. The first-order valence-electron chi connectivity index (χ1n) is 15.5. The van der Waals surface area contributed by atoms with Gasteiger partial charge in [-0.2, -0.15) is 4.39 Å². The highest BCUT2D eigenvalue weighted by atomic mass is 19.2. The maximum absolute atomic E-state index is 14.8. The van der Waals surface area contributed by atoms with Gasteiger partial charge in [0.2, 0.25) is 5.82 Å². The lowest BCUT2D eigenvalue weighted by Crippen LogP contribution is -2.26. The summed E-state index contributed by atoms with van der Waals surface area (Å²) >= 11 is 0. The lowest BCUT2D eigenvalue weighted by Gasteiger charge is -2.31. The summed E-state index contributed by atoms with van der Waals surface area (Å²) in [4.78, 5) is 0. The Morgan fingerprint density at radius 3 is 1.95 bits per heavy atom. The molecule has 2 aromatic carbocycles. The van der Waals surface area contributed by atoms with Crippen LogP contribution in [0.15, 0.2) is 36.4 Å². The lowest BCUT2D eigenvalue weighted by atomic mass is 9.77. The third kappa shape index (κ3) is 8.50. The molecule has 1 aliphatic carbocycles. The van der Waals surface area contributed by atoms with E-state index in [2.05, 4.69) is 38.1 Å². The van der Waals surface area contributed by atoms with Gasteiger partial charge in [-0.05, 0) is 67.2 Å². The van der Waals surface area contributed by atoms with E-state index in [0.717, 1.165) is 31.6 Å². The minimum Gasteiger partial charge on any atom is -0.490 e. The highest BCUT2D eigenvalue weighted by Gasteiger charge is 2.29. The minimum absolute atomic E-state index is 0.0537. The molecule has 0 bridgehead atoms. The third-order valence-electron chi connectivity index (χ3n) is 8.68. The summed E-state index contributed by atoms with van der Waals surface area (Å²) in [5, 5.41) is 0. The summed E-state index contributed by atoms with van der Waals surface area (Å²) in [5.74, 6) is -0.326. The van der Waals surface area contributed by atoms with Gasteiger partial charge in [0, 0.05) is 11.5 Å². The molecular formula is C34H48F2O3. The van der Waals surface area contributed by atoms with Crippen LogP contribution in [0, 0.1) is 17.6 Å². The second-order valence-corrected chi connectivity index (χ2v) is 11.6. The summed E-state index contributed by atoms with van der Waals surface area (Å²) < 4.78 is 46.6. The predicted molar refractivity (Wildman–Crippen MR) is 153 cm³/mol. The Morgan fingerprint density at radius 1 is 0.692 bits per heavy atom. The van der Waals surface area contributed by atoms with Crippen molar-refractivity contribution in [2.24, 2.45) is 5.92 Å². The van der Waals surface area contributed by atoms with Gasteiger partial charge in [0.15, 0.2) is 17.9 Å². The second kappa shape index (κ2) is 15.7. The van der Waals surface area contributed by atoms with Crippen LogP contribution < -0.4 is 4.74 Å². The van der Waals surface area contributed by atoms with Gasteiger partial charge in [-0.15, -0.1) is 0 Å². The van der Waals surface area contributed by atoms with Crippen LogP contribution in [0.1, 0.15) is 132 Å². The summed E-state index contributed by atoms with van der Waals surface area (Å²) in [6.45, 7) is 5.60. The fraction of sp³-hybridized carbons (Fsp3) is 0.647. The number of ether oxygens (including phenoxy) is 3. The van der Waals surface area contributed by atoms with Crippen LogP contribution in [0.5, 0.6) is 5.75 Å². The van der Waals surface area contributed by atoms with E-state index in [0.29, 0.717) is 25.7 Å². The minimum atomic E-state index is -0.974. The predicted octanol–water partition coefficient (Wildman–Crippen LogP) is 10.00. The van der Waals surface area contributed by atoms with E-state index in [9.17, 15) is 8.78 Å². The Balaban J connectivity index is 1.23. The topological polar surface area (TPSA) is 27.7 Å². The summed E-state index contributed by atoms with van der Waals surface area (Å²) in [7, 11) is 0. The van der Waals surface area contributed by atoms with Gasteiger partial charge < -0.3 is 14.2 Å². The Labute approximate surface area is 234 Å². The van der Waals surface area contributed by atoms with Crippen molar-refractivity contribution in [3.63, 3.8) is 0 Å². The van der Waals surface area contributed by atoms with Crippen molar-refractivity contribution in [3.8, 4) is 5.75 Å². The van der Waals surface area contributed by atoms with Crippen molar-refractivity contribution in [2.75, 3.05) is 19.8 Å². The van der Waals surface area contributed by atoms with Crippen molar-refractivity contribution < 1.29 is 23.0 Å². The van der Waals surface area contributed by atoms with Gasteiger partial charge in [0.05, 0.1) is 19.8 Å². The van der Waals surface area contributed by atoms with E-state index < -0.39 is 17.9 Å². The van der Waals surface area contributed by atoms with E-state index in [1.807, 2.05) is 0 Å². The highest BCUT2D eigenvalue weighted by molar-refractivity contribution is 5.32. The molecule has 5 heteroatoms. The fourth-order valence-electron chi connectivity index (χ4n) is 6.11. The molecule has 2 aliphatic rings. The average molecular weight is 543 g/mol. The Bertz CT molecular complexity index is 977. The molecule has 1 heterocycles. The van der Waals surface area contributed by atoms with Crippen LogP contribution in [0.2, 0.25) is 0 Å². The zero-order valence-electron chi connectivity index (χ0n) is 24.1. The molecule has 4 rings (SSSR count).